The van der Waals surface area contributed by atoms with Gasteiger partial charge in [0, 0.05) is 10.4 Å². The van der Waals surface area contributed by atoms with Gasteiger partial charge in [-0.2, -0.15) is 0 Å². The van der Waals surface area contributed by atoms with Gasteiger partial charge in [0.25, 0.3) is 10.0 Å². The number of aliphatic hydroxyl groups is 1. The Morgan fingerprint density at radius 1 is 1.24 bits per heavy atom. The van der Waals surface area contributed by atoms with Gasteiger partial charge in [-0.3, -0.25) is 4.72 Å². The van der Waals surface area contributed by atoms with E-state index >= 15 is 0 Å². The molecule has 4 nitrogen and oxygen atoms in total. The molecule has 110 valence electrons. The zero-order valence-electron chi connectivity index (χ0n) is 11.5. The van der Waals surface area contributed by atoms with Crippen molar-refractivity contribution in [2.24, 2.45) is 0 Å². The van der Waals surface area contributed by atoms with Gasteiger partial charge in [-0.25, -0.2) is 8.42 Å². The van der Waals surface area contributed by atoms with Crippen LogP contribution in [-0.2, 0) is 16.4 Å². The lowest BCUT2D eigenvalue weighted by Gasteiger charge is -2.08. The lowest BCUT2D eigenvalue weighted by Crippen LogP contribution is -2.12. The molecule has 0 aliphatic heterocycles. The van der Waals surface area contributed by atoms with Crippen LogP contribution in [0.25, 0.3) is 0 Å². The van der Waals surface area contributed by atoms with Crippen molar-refractivity contribution in [1.29, 1.82) is 0 Å². The standard InChI is InChI=1S/C15H15NO3S2/c1-2-13-9-10-15(20-13)21(18,19)16-14-8-4-3-6-12(14)7-5-11-17/h3-4,6,8-10,16-17H,2,11H2,1H3. The third kappa shape index (κ3) is 3.85. The molecule has 0 bridgehead atoms. The van der Waals surface area contributed by atoms with Crippen molar-refractivity contribution in [3.8, 4) is 11.8 Å². The van der Waals surface area contributed by atoms with Gasteiger partial charge >= 0.3 is 0 Å². The molecule has 1 aromatic carbocycles. The third-order valence-electron chi connectivity index (χ3n) is 2.72. The Kier molecular flexibility index (Phi) is 5.02. The van der Waals surface area contributed by atoms with Crippen LogP contribution < -0.4 is 4.72 Å². The fraction of sp³-hybridized carbons (Fsp3) is 0.200. The number of hydrogen-bond acceptors (Lipinski definition) is 4. The molecule has 0 spiro atoms. The molecule has 0 amide bonds. The van der Waals surface area contributed by atoms with E-state index in [9.17, 15) is 8.42 Å². The maximum atomic E-state index is 12.4. The summed E-state index contributed by atoms with van der Waals surface area (Å²) in [4.78, 5) is 1.02. The van der Waals surface area contributed by atoms with Crippen molar-refractivity contribution < 1.29 is 13.5 Å². The summed E-state index contributed by atoms with van der Waals surface area (Å²) in [6, 6.07) is 10.3. The van der Waals surface area contributed by atoms with E-state index in [1.807, 2.05) is 13.0 Å². The summed E-state index contributed by atoms with van der Waals surface area (Å²) in [6.45, 7) is 1.71. The van der Waals surface area contributed by atoms with E-state index < -0.39 is 10.0 Å². The fourth-order valence-electron chi connectivity index (χ4n) is 1.70. The number of benzene rings is 1. The normalized spacial score (nSPS) is 10.8. The Morgan fingerprint density at radius 3 is 2.67 bits per heavy atom. The Balaban J connectivity index is 2.32. The van der Waals surface area contributed by atoms with Crippen LogP contribution in [0.2, 0.25) is 0 Å². The zero-order chi connectivity index (χ0) is 15.3. The van der Waals surface area contributed by atoms with E-state index in [1.54, 1.807) is 30.3 Å². The van der Waals surface area contributed by atoms with Gasteiger partial charge in [0.1, 0.15) is 10.8 Å². The molecule has 0 aliphatic rings. The highest BCUT2D eigenvalue weighted by atomic mass is 32.2. The molecule has 0 fully saturated rings. The highest BCUT2D eigenvalue weighted by Crippen LogP contribution is 2.25. The number of anilines is 1. The Bertz CT molecular complexity index is 782. The number of aryl methyl sites for hydroxylation is 1. The number of rotatable bonds is 4. The first-order valence-corrected chi connectivity index (χ1v) is 8.67. The Labute approximate surface area is 128 Å². The molecule has 0 radical (unpaired) electrons. The molecule has 0 unspecified atom stereocenters. The van der Waals surface area contributed by atoms with Gasteiger partial charge < -0.3 is 5.11 Å². The van der Waals surface area contributed by atoms with Crippen LogP contribution in [0.3, 0.4) is 0 Å². The molecule has 0 saturated carbocycles. The van der Waals surface area contributed by atoms with E-state index in [1.165, 1.54) is 11.3 Å². The van der Waals surface area contributed by atoms with Gasteiger partial charge in [-0.1, -0.05) is 30.9 Å². The molecule has 0 aliphatic carbocycles. The number of sulfonamides is 1. The van der Waals surface area contributed by atoms with Crippen LogP contribution in [0, 0.1) is 11.8 Å². The second-order valence-electron chi connectivity index (χ2n) is 4.19. The quantitative estimate of drug-likeness (QED) is 0.850. The Hall–Kier alpha value is -1.81. The largest absolute Gasteiger partial charge is 0.384 e. The number of nitrogens with one attached hydrogen (secondary N) is 1. The second-order valence-corrected chi connectivity index (χ2v) is 7.26. The molecule has 6 heteroatoms. The average molecular weight is 321 g/mol. The predicted molar refractivity (Wildman–Crippen MR) is 84.9 cm³/mol. The Morgan fingerprint density at radius 2 is 2.00 bits per heavy atom. The molecule has 2 N–H and O–H groups in total. The van der Waals surface area contributed by atoms with Crippen molar-refractivity contribution >= 4 is 27.0 Å². The molecule has 0 saturated heterocycles. The van der Waals surface area contributed by atoms with Crippen molar-refractivity contribution in [2.45, 2.75) is 17.6 Å². The van der Waals surface area contributed by atoms with Gasteiger partial charge in [0.15, 0.2) is 0 Å². The van der Waals surface area contributed by atoms with Crippen LogP contribution in [0.5, 0.6) is 0 Å². The van der Waals surface area contributed by atoms with Gasteiger partial charge in [0.2, 0.25) is 0 Å². The summed E-state index contributed by atoms with van der Waals surface area (Å²) in [5.74, 6) is 5.25. The van der Waals surface area contributed by atoms with Crippen LogP contribution in [0.15, 0.2) is 40.6 Å². The number of aliphatic hydroxyl groups excluding tert-OH is 1. The number of para-hydroxylation sites is 1. The predicted octanol–water partition coefficient (Wildman–Crippen LogP) is 2.46. The molecule has 2 rings (SSSR count). The maximum absolute atomic E-state index is 12.4. The van der Waals surface area contributed by atoms with Gasteiger partial charge in [-0.15, -0.1) is 11.3 Å². The van der Waals surface area contributed by atoms with Crippen molar-refractivity contribution in [3.63, 3.8) is 0 Å². The maximum Gasteiger partial charge on any atom is 0.271 e. The number of thiophene rings is 1. The first kappa shape index (κ1) is 15.6. The minimum Gasteiger partial charge on any atom is -0.384 e. The molecule has 1 heterocycles. The van der Waals surface area contributed by atoms with Crippen LogP contribution >= 0.6 is 11.3 Å². The minimum atomic E-state index is -3.61. The molecular formula is C15H15NO3S2. The second kappa shape index (κ2) is 6.76. The van der Waals surface area contributed by atoms with Gasteiger partial charge in [0.05, 0.1) is 5.69 Å². The van der Waals surface area contributed by atoms with E-state index in [2.05, 4.69) is 16.6 Å². The minimum absolute atomic E-state index is 0.272. The zero-order valence-corrected chi connectivity index (χ0v) is 13.1. The molecular weight excluding hydrogens is 306 g/mol. The van der Waals surface area contributed by atoms with E-state index in [-0.39, 0.29) is 10.8 Å². The highest BCUT2D eigenvalue weighted by Gasteiger charge is 2.17. The summed E-state index contributed by atoms with van der Waals surface area (Å²) in [5.41, 5.74) is 0.937. The SMILES string of the molecule is CCc1ccc(S(=O)(=O)Nc2ccccc2C#CCO)s1. The third-order valence-corrected chi connectivity index (χ3v) is 5.81. The van der Waals surface area contributed by atoms with Crippen LogP contribution in [0.4, 0.5) is 5.69 Å². The molecule has 21 heavy (non-hydrogen) atoms. The van der Waals surface area contributed by atoms with Crippen LogP contribution in [-0.4, -0.2) is 20.1 Å². The van der Waals surface area contributed by atoms with Crippen molar-refractivity contribution in [1.82, 2.24) is 0 Å². The molecule has 2 aromatic rings. The summed E-state index contributed by atoms with van der Waals surface area (Å²) in [6.07, 6.45) is 0.804. The van der Waals surface area contributed by atoms with Crippen LogP contribution in [0.1, 0.15) is 17.4 Å². The van der Waals surface area contributed by atoms with E-state index in [4.69, 9.17) is 5.11 Å². The lowest BCUT2D eigenvalue weighted by atomic mass is 10.2. The molecule has 1 aromatic heterocycles. The van der Waals surface area contributed by atoms with Gasteiger partial charge in [-0.05, 0) is 30.7 Å². The lowest BCUT2D eigenvalue weighted by molar-refractivity contribution is 0.350. The topological polar surface area (TPSA) is 66.4 Å². The monoisotopic (exact) mass is 321 g/mol. The highest BCUT2D eigenvalue weighted by molar-refractivity contribution is 7.94. The van der Waals surface area contributed by atoms with E-state index in [0.29, 0.717) is 11.3 Å². The van der Waals surface area contributed by atoms with Crippen molar-refractivity contribution in [3.05, 3.63) is 46.8 Å². The molecule has 0 atom stereocenters. The smallest absolute Gasteiger partial charge is 0.271 e. The first-order valence-electron chi connectivity index (χ1n) is 6.37. The first-order chi connectivity index (χ1) is 10.1. The number of hydrogen-bond donors (Lipinski definition) is 2. The fourth-order valence-corrected chi connectivity index (χ4v) is 4.08. The summed E-state index contributed by atoms with van der Waals surface area (Å²) >= 11 is 1.26. The summed E-state index contributed by atoms with van der Waals surface area (Å²) in [5, 5.41) is 8.75. The summed E-state index contributed by atoms with van der Waals surface area (Å²) < 4.78 is 27.5. The average Bonchev–Trinajstić information content (AvgIpc) is 2.96. The summed E-state index contributed by atoms with van der Waals surface area (Å²) in [7, 11) is -3.61. The van der Waals surface area contributed by atoms with E-state index in [0.717, 1.165) is 11.3 Å². The van der Waals surface area contributed by atoms with Crippen molar-refractivity contribution in [2.75, 3.05) is 11.3 Å².